The molecule has 3 fully saturated rings. The van der Waals surface area contributed by atoms with Crippen molar-refractivity contribution >= 4 is 23.2 Å². The quantitative estimate of drug-likeness (QED) is 0.685. The van der Waals surface area contributed by atoms with E-state index < -0.39 is 0 Å². The minimum atomic E-state index is -0.318. The minimum Gasteiger partial charge on any atom is -0.352 e. The second kappa shape index (κ2) is 7.98. The second-order valence-electron chi connectivity index (χ2n) is 9.34. The first-order chi connectivity index (χ1) is 15.5. The zero-order chi connectivity index (χ0) is 22.4. The third kappa shape index (κ3) is 3.73. The highest BCUT2D eigenvalue weighted by Crippen LogP contribution is 2.44. The maximum absolute atomic E-state index is 12.6. The highest BCUT2D eigenvalue weighted by atomic mass is 16.2. The van der Waals surface area contributed by atoms with Gasteiger partial charge in [0.2, 0.25) is 5.91 Å². The van der Waals surface area contributed by atoms with E-state index in [1.807, 2.05) is 17.0 Å². The van der Waals surface area contributed by atoms with E-state index in [0.29, 0.717) is 44.2 Å². The maximum atomic E-state index is 12.6. The SMILES string of the molecule is C#CC(=O)N1CC=C(c2cc(C#N)c(N3CCN(C(=O)C4CC4)[C@H](C)C3)nc2C2CC2)C1. The fourth-order valence-electron chi connectivity index (χ4n) is 4.80. The third-order valence-electron chi connectivity index (χ3n) is 6.93. The molecule has 0 radical (unpaired) electrons. The van der Waals surface area contributed by atoms with Gasteiger partial charge in [-0.3, -0.25) is 9.59 Å². The predicted octanol–water partition coefficient (Wildman–Crippen LogP) is 2.14. The van der Waals surface area contributed by atoms with Crippen LogP contribution in [0.4, 0.5) is 5.82 Å². The van der Waals surface area contributed by atoms with Crippen LogP contribution in [0.5, 0.6) is 0 Å². The van der Waals surface area contributed by atoms with E-state index in [2.05, 4.69) is 23.8 Å². The molecule has 2 saturated carbocycles. The zero-order valence-corrected chi connectivity index (χ0v) is 18.4. The lowest BCUT2D eigenvalue weighted by Gasteiger charge is -2.41. The molecule has 1 saturated heterocycles. The topological polar surface area (TPSA) is 80.5 Å². The standard InChI is InChI=1S/C25H27N5O2/c1-3-22(31)28-9-8-19(15-28)21-12-20(13-26)24(27-23(21)17-4-5-17)29-10-11-30(16(2)14-29)25(32)18-6-7-18/h1,8,12,16-18H,4-7,9-11,14-15H2,2H3/t16-/m1/s1. The normalized spacial score (nSPS) is 22.9. The molecule has 4 aliphatic rings. The summed E-state index contributed by atoms with van der Waals surface area (Å²) in [4.78, 5) is 35.3. The highest BCUT2D eigenvalue weighted by molar-refractivity contribution is 5.95. The van der Waals surface area contributed by atoms with Gasteiger partial charge >= 0.3 is 0 Å². The van der Waals surface area contributed by atoms with Gasteiger partial charge in [0.05, 0.1) is 11.3 Å². The number of piperazine rings is 1. The number of carbonyl (C=O) groups excluding carboxylic acids is 2. The van der Waals surface area contributed by atoms with Crippen molar-refractivity contribution in [1.82, 2.24) is 14.8 Å². The van der Waals surface area contributed by atoms with Crippen LogP contribution in [0.2, 0.25) is 0 Å². The van der Waals surface area contributed by atoms with Crippen molar-refractivity contribution in [3.8, 4) is 18.4 Å². The summed E-state index contributed by atoms with van der Waals surface area (Å²) in [6.07, 6.45) is 11.5. The molecule has 0 bridgehead atoms. The average Bonchev–Trinajstić information content (AvgIpc) is 3.75. The molecule has 164 valence electrons. The molecule has 0 N–H and O–H groups in total. The molecule has 1 atom stereocenters. The van der Waals surface area contributed by atoms with Gasteiger partial charge in [0, 0.05) is 56.2 Å². The van der Waals surface area contributed by atoms with Crippen molar-refractivity contribution in [2.24, 2.45) is 5.92 Å². The third-order valence-corrected chi connectivity index (χ3v) is 6.93. The molecule has 5 rings (SSSR count). The van der Waals surface area contributed by atoms with Crippen LogP contribution >= 0.6 is 0 Å². The Labute approximate surface area is 188 Å². The van der Waals surface area contributed by atoms with Gasteiger partial charge in [0.15, 0.2) is 0 Å². The molecule has 2 amide bonds. The Morgan fingerprint density at radius 2 is 2.00 bits per heavy atom. The molecule has 7 nitrogen and oxygen atoms in total. The van der Waals surface area contributed by atoms with Crippen molar-refractivity contribution in [2.45, 2.75) is 44.6 Å². The Bertz CT molecular complexity index is 1090. The van der Waals surface area contributed by atoms with Crippen LogP contribution in [0.15, 0.2) is 12.1 Å². The number of amides is 2. The smallest absolute Gasteiger partial charge is 0.298 e. The van der Waals surface area contributed by atoms with Crippen LogP contribution in [0.3, 0.4) is 0 Å². The first-order valence-electron chi connectivity index (χ1n) is 11.5. The zero-order valence-electron chi connectivity index (χ0n) is 18.4. The number of nitrogens with zero attached hydrogens (tertiary/aromatic N) is 5. The average molecular weight is 430 g/mol. The maximum Gasteiger partial charge on any atom is 0.298 e. The number of hydrogen-bond donors (Lipinski definition) is 0. The Kier molecular flexibility index (Phi) is 5.13. The number of aromatic nitrogens is 1. The van der Waals surface area contributed by atoms with Crippen LogP contribution in [0.25, 0.3) is 5.57 Å². The van der Waals surface area contributed by atoms with Crippen LogP contribution in [-0.2, 0) is 9.59 Å². The fraction of sp³-hybridized carbons (Fsp3) is 0.520. The van der Waals surface area contributed by atoms with Crippen LogP contribution < -0.4 is 4.90 Å². The summed E-state index contributed by atoms with van der Waals surface area (Å²) >= 11 is 0. The second-order valence-corrected chi connectivity index (χ2v) is 9.34. The summed E-state index contributed by atoms with van der Waals surface area (Å²) in [5.74, 6) is 3.47. The van der Waals surface area contributed by atoms with E-state index in [1.54, 1.807) is 4.90 Å². The molecule has 3 heterocycles. The monoisotopic (exact) mass is 429 g/mol. The molecule has 1 aromatic heterocycles. The first kappa shape index (κ1) is 20.6. The van der Waals surface area contributed by atoms with Crippen molar-refractivity contribution in [3.63, 3.8) is 0 Å². The number of anilines is 1. The number of nitriles is 1. The molecule has 0 aromatic carbocycles. The largest absolute Gasteiger partial charge is 0.352 e. The minimum absolute atomic E-state index is 0.0927. The molecule has 1 aromatic rings. The van der Waals surface area contributed by atoms with E-state index in [0.717, 1.165) is 48.3 Å². The summed E-state index contributed by atoms with van der Waals surface area (Å²) < 4.78 is 0. The van der Waals surface area contributed by atoms with Crippen molar-refractivity contribution < 1.29 is 9.59 Å². The summed E-state index contributed by atoms with van der Waals surface area (Å²) in [6.45, 7) is 5.04. The van der Waals surface area contributed by atoms with E-state index >= 15 is 0 Å². The van der Waals surface area contributed by atoms with E-state index in [1.165, 1.54) is 0 Å². The lowest BCUT2D eigenvalue weighted by atomic mass is 9.99. The van der Waals surface area contributed by atoms with E-state index in [4.69, 9.17) is 11.4 Å². The van der Waals surface area contributed by atoms with Gasteiger partial charge in [0.1, 0.15) is 11.9 Å². The van der Waals surface area contributed by atoms with Crippen LogP contribution in [0.1, 0.15) is 55.3 Å². The summed E-state index contributed by atoms with van der Waals surface area (Å²) in [5.41, 5.74) is 3.54. The summed E-state index contributed by atoms with van der Waals surface area (Å²) in [6, 6.07) is 4.38. The Morgan fingerprint density at radius 3 is 2.62 bits per heavy atom. The van der Waals surface area contributed by atoms with Gasteiger partial charge in [-0.1, -0.05) is 6.08 Å². The summed E-state index contributed by atoms with van der Waals surface area (Å²) in [7, 11) is 0. The molecule has 2 aliphatic heterocycles. The molecule has 32 heavy (non-hydrogen) atoms. The number of terminal acetylenes is 1. The van der Waals surface area contributed by atoms with Gasteiger partial charge < -0.3 is 14.7 Å². The van der Waals surface area contributed by atoms with Gasteiger partial charge in [-0.15, -0.1) is 6.42 Å². The lowest BCUT2D eigenvalue weighted by molar-refractivity contribution is -0.135. The number of rotatable bonds is 4. The van der Waals surface area contributed by atoms with E-state index in [-0.39, 0.29) is 23.8 Å². The van der Waals surface area contributed by atoms with Crippen molar-refractivity contribution in [3.05, 3.63) is 29.0 Å². The predicted molar refractivity (Wildman–Crippen MR) is 120 cm³/mol. The number of hydrogen-bond acceptors (Lipinski definition) is 5. The van der Waals surface area contributed by atoms with Gasteiger partial charge in [-0.2, -0.15) is 5.26 Å². The van der Waals surface area contributed by atoms with Gasteiger partial charge in [-0.25, -0.2) is 4.98 Å². The highest BCUT2D eigenvalue weighted by Gasteiger charge is 2.38. The van der Waals surface area contributed by atoms with Crippen molar-refractivity contribution in [2.75, 3.05) is 37.6 Å². The summed E-state index contributed by atoms with van der Waals surface area (Å²) in [5, 5.41) is 9.94. The van der Waals surface area contributed by atoms with Gasteiger partial charge in [-0.05, 0) is 50.2 Å². The molecule has 0 spiro atoms. The van der Waals surface area contributed by atoms with E-state index in [9.17, 15) is 14.9 Å². The van der Waals surface area contributed by atoms with Crippen LogP contribution in [-0.4, -0.2) is 65.4 Å². The van der Waals surface area contributed by atoms with Gasteiger partial charge in [0.25, 0.3) is 5.91 Å². The van der Waals surface area contributed by atoms with Crippen LogP contribution in [0, 0.1) is 29.6 Å². The number of pyridine rings is 1. The molecule has 2 aliphatic carbocycles. The molecule has 7 heteroatoms. The number of carbonyl (C=O) groups is 2. The lowest BCUT2D eigenvalue weighted by Crippen LogP contribution is -2.55. The fourth-order valence-corrected chi connectivity index (χ4v) is 4.80. The Balaban J connectivity index is 1.42. The molecular weight excluding hydrogens is 402 g/mol. The molecular formula is C25H27N5O2. The Hall–Kier alpha value is -3.32. The Morgan fingerprint density at radius 1 is 1.22 bits per heavy atom. The van der Waals surface area contributed by atoms with Crippen molar-refractivity contribution in [1.29, 1.82) is 5.26 Å². The first-order valence-corrected chi connectivity index (χ1v) is 11.5. The molecule has 0 unspecified atom stereocenters.